The van der Waals surface area contributed by atoms with Crippen molar-refractivity contribution in [3.05, 3.63) is 28.2 Å². The number of aromatic carboxylic acids is 1. The Kier molecular flexibility index (Phi) is 2.89. The monoisotopic (exact) mass is 349 g/mol. The van der Waals surface area contributed by atoms with E-state index in [2.05, 4.69) is 21.2 Å². The van der Waals surface area contributed by atoms with Crippen molar-refractivity contribution >= 4 is 33.5 Å². The molecule has 4 rings (SSSR count). The first kappa shape index (κ1) is 13.3. The topological polar surface area (TPSA) is 66.4 Å². The van der Waals surface area contributed by atoms with Crippen LogP contribution in [0.2, 0.25) is 0 Å². The molecule has 2 bridgehead atoms. The smallest absolute Gasteiger partial charge is 0.337 e. The largest absolute Gasteiger partial charge is 0.478 e. The molecule has 5 heteroatoms. The number of carbonyl (C=O) groups is 2. The zero-order chi connectivity index (χ0) is 14.7. The average Bonchev–Trinajstić information content (AvgIpc) is 2.89. The van der Waals surface area contributed by atoms with Crippen LogP contribution in [0.1, 0.15) is 29.6 Å². The van der Waals surface area contributed by atoms with Crippen LogP contribution in [0.25, 0.3) is 0 Å². The van der Waals surface area contributed by atoms with Crippen molar-refractivity contribution < 1.29 is 14.7 Å². The molecule has 3 saturated carbocycles. The van der Waals surface area contributed by atoms with Crippen LogP contribution in [0.3, 0.4) is 0 Å². The number of hydrogen-bond acceptors (Lipinski definition) is 2. The lowest BCUT2D eigenvalue weighted by Crippen LogP contribution is -2.20. The van der Waals surface area contributed by atoms with E-state index in [9.17, 15) is 14.7 Å². The SMILES string of the molecule is O=C(O)c1cccc(Br)c1NC(=O)C1C2C3CCC(C3)C12. The minimum atomic E-state index is -1.03. The van der Waals surface area contributed by atoms with E-state index in [0.29, 0.717) is 22.0 Å². The highest BCUT2D eigenvalue weighted by Gasteiger charge is 2.67. The number of carboxylic acids is 1. The molecule has 4 unspecified atom stereocenters. The number of anilines is 1. The van der Waals surface area contributed by atoms with Gasteiger partial charge in [-0.25, -0.2) is 4.79 Å². The van der Waals surface area contributed by atoms with Gasteiger partial charge in [-0.1, -0.05) is 6.07 Å². The molecule has 21 heavy (non-hydrogen) atoms. The van der Waals surface area contributed by atoms with E-state index in [1.807, 2.05) is 0 Å². The van der Waals surface area contributed by atoms with Crippen molar-refractivity contribution in [1.29, 1.82) is 0 Å². The fraction of sp³-hybridized carbons (Fsp3) is 0.500. The Hall–Kier alpha value is -1.36. The van der Waals surface area contributed by atoms with Gasteiger partial charge in [-0.3, -0.25) is 4.79 Å². The molecule has 1 aromatic carbocycles. The van der Waals surface area contributed by atoms with Crippen molar-refractivity contribution in [3.63, 3.8) is 0 Å². The van der Waals surface area contributed by atoms with Crippen molar-refractivity contribution in [3.8, 4) is 0 Å². The highest BCUT2D eigenvalue weighted by atomic mass is 79.9. The summed E-state index contributed by atoms with van der Waals surface area (Å²) in [6.45, 7) is 0. The number of fused-ring (bicyclic) bond motifs is 5. The molecule has 0 radical (unpaired) electrons. The van der Waals surface area contributed by atoms with Crippen LogP contribution in [0.15, 0.2) is 22.7 Å². The fourth-order valence-corrected chi connectivity index (χ4v) is 5.18. The van der Waals surface area contributed by atoms with E-state index in [4.69, 9.17) is 0 Å². The summed E-state index contributed by atoms with van der Waals surface area (Å²) in [4.78, 5) is 23.8. The molecule has 3 aliphatic carbocycles. The molecular formula is C16H16BrNO3. The molecule has 0 saturated heterocycles. The maximum Gasteiger partial charge on any atom is 0.337 e. The molecule has 0 spiro atoms. The van der Waals surface area contributed by atoms with E-state index in [0.717, 1.165) is 11.8 Å². The maximum atomic E-state index is 12.5. The molecule has 0 aromatic heterocycles. The van der Waals surface area contributed by atoms with E-state index in [1.165, 1.54) is 25.3 Å². The molecule has 2 N–H and O–H groups in total. The van der Waals surface area contributed by atoms with Gasteiger partial charge < -0.3 is 10.4 Å². The van der Waals surface area contributed by atoms with Gasteiger partial charge >= 0.3 is 5.97 Å². The summed E-state index contributed by atoms with van der Waals surface area (Å²) in [6, 6.07) is 4.93. The standard InChI is InChI=1S/C16H16BrNO3/c17-10-3-1-2-9(16(20)21)14(10)18-15(19)13-11-7-4-5-8(6-7)12(11)13/h1-3,7-8,11-13H,4-6H2,(H,18,19)(H,20,21). The van der Waals surface area contributed by atoms with Crippen molar-refractivity contribution in [2.24, 2.45) is 29.6 Å². The summed E-state index contributed by atoms with van der Waals surface area (Å²) >= 11 is 3.33. The Bertz CT molecular complexity index is 628. The summed E-state index contributed by atoms with van der Waals surface area (Å²) in [6.07, 6.45) is 3.84. The molecule has 0 heterocycles. The minimum absolute atomic E-state index is 0.00370. The number of benzene rings is 1. The highest BCUT2D eigenvalue weighted by molar-refractivity contribution is 9.10. The lowest BCUT2D eigenvalue weighted by Gasteiger charge is -2.13. The molecule has 4 atom stereocenters. The third kappa shape index (κ3) is 1.94. The Morgan fingerprint density at radius 3 is 2.48 bits per heavy atom. The van der Waals surface area contributed by atoms with Gasteiger partial charge in [0.1, 0.15) is 0 Å². The molecule has 3 fully saturated rings. The first-order valence-corrected chi connectivity index (χ1v) is 8.20. The van der Waals surface area contributed by atoms with Crippen LogP contribution >= 0.6 is 15.9 Å². The second kappa shape index (κ2) is 4.57. The summed E-state index contributed by atoms with van der Waals surface area (Å²) in [5, 5.41) is 12.1. The number of rotatable bonds is 3. The summed E-state index contributed by atoms with van der Waals surface area (Å²) in [7, 11) is 0. The maximum absolute atomic E-state index is 12.5. The quantitative estimate of drug-likeness (QED) is 0.878. The predicted octanol–water partition coefficient (Wildman–Crippen LogP) is 3.38. The number of carboxylic acid groups (broad SMARTS) is 1. The third-order valence-corrected chi connectivity index (χ3v) is 6.19. The molecule has 4 nitrogen and oxygen atoms in total. The van der Waals surface area contributed by atoms with E-state index < -0.39 is 5.97 Å². The van der Waals surface area contributed by atoms with Crippen LogP contribution in [0, 0.1) is 29.6 Å². The number of carbonyl (C=O) groups excluding carboxylic acids is 1. The second-order valence-electron chi connectivity index (χ2n) is 6.47. The van der Waals surface area contributed by atoms with Crippen LogP contribution in [-0.4, -0.2) is 17.0 Å². The molecule has 1 aromatic rings. The van der Waals surface area contributed by atoms with Gasteiger partial charge in [0.25, 0.3) is 0 Å². The highest BCUT2D eigenvalue weighted by Crippen LogP contribution is 2.69. The Morgan fingerprint density at radius 2 is 1.86 bits per heavy atom. The Morgan fingerprint density at radius 1 is 1.19 bits per heavy atom. The van der Waals surface area contributed by atoms with Crippen molar-refractivity contribution in [1.82, 2.24) is 0 Å². The number of amides is 1. The first-order chi connectivity index (χ1) is 10.1. The van der Waals surface area contributed by atoms with Gasteiger partial charge in [0.2, 0.25) is 5.91 Å². The van der Waals surface area contributed by atoms with Gasteiger partial charge in [-0.05, 0) is 71.0 Å². The third-order valence-electron chi connectivity index (χ3n) is 5.53. The molecule has 1 amide bonds. The van der Waals surface area contributed by atoms with E-state index >= 15 is 0 Å². The minimum Gasteiger partial charge on any atom is -0.478 e. The van der Waals surface area contributed by atoms with Crippen LogP contribution in [0.5, 0.6) is 0 Å². The number of hydrogen-bond donors (Lipinski definition) is 2. The van der Waals surface area contributed by atoms with Gasteiger partial charge in [-0.15, -0.1) is 0 Å². The van der Waals surface area contributed by atoms with Crippen LogP contribution in [0.4, 0.5) is 5.69 Å². The summed E-state index contributed by atoms with van der Waals surface area (Å²) < 4.78 is 0.615. The average molecular weight is 350 g/mol. The predicted molar refractivity (Wildman–Crippen MR) is 81.0 cm³/mol. The zero-order valence-electron chi connectivity index (χ0n) is 11.4. The fourth-order valence-electron chi connectivity index (χ4n) is 4.71. The zero-order valence-corrected chi connectivity index (χ0v) is 13.0. The van der Waals surface area contributed by atoms with Crippen LogP contribution < -0.4 is 5.32 Å². The lowest BCUT2D eigenvalue weighted by atomic mass is 10.0. The first-order valence-electron chi connectivity index (χ1n) is 7.40. The summed E-state index contributed by atoms with van der Waals surface area (Å²) in [5.41, 5.74) is 0.513. The number of halogens is 1. The van der Waals surface area contributed by atoms with Crippen molar-refractivity contribution in [2.75, 3.05) is 5.32 Å². The molecule has 3 aliphatic rings. The molecule has 110 valence electrons. The van der Waals surface area contributed by atoms with Crippen molar-refractivity contribution in [2.45, 2.75) is 19.3 Å². The number of para-hydroxylation sites is 1. The van der Waals surface area contributed by atoms with E-state index in [-0.39, 0.29) is 17.4 Å². The van der Waals surface area contributed by atoms with Gasteiger partial charge in [0, 0.05) is 10.4 Å². The van der Waals surface area contributed by atoms with Crippen LogP contribution in [-0.2, 0) is 4.79 Å². The second-order valence-corrected chi connectivity index (χ2v) is 7.32. The van der Waals surface area contributed by atoms with Gasteiger partial charge in [-0.2, -0.15) is 0 Å². The molecule has 0 aliphatic heterocycles. The summed E-state index contributed by atoms with van der Waals surface area (Å²) in [5.74, 6) is 1.64. The number of nitrogens with one attached hydrogen (secondary N) is 1. The van der Waals surface area contributed by atoms with Gasteiger partial charge in [0.15, 0.2) is 0 Å². The Labute approximate surface area is 131 Å². The van der Waals surface area contributed by atoms with E-state index in [1.54, 1.807) is 12.1 Å². The lowest BCUT2D eigenvalue weighted by molar-refractivity contribution is -0.118. The Balaban J connectivity index is 1.55. The molecular weight excluding hydrogens is 334 g/mol. The van der Waals surface area contributed by atoms with Gasteiger partial charge in [0.05, 0.1) is 11.3 Å². The normalized spacial score (nSPS) is 35.4.